The van der Waals surface area contributed by atoms with Crippen LogP contribution in [0.4, 0.5) is 5.82 Å². The highest BCUT2D eigenvalue weighted by Gasteiger charge is 2.18. The second kappa shape index (κ2) is 11.0. The number of carbonyl (C=O) groups is 1. The van der Waals surface area contributed by atoms with Crippen molar-refractivity contribution in [1.82, 2.24) is 24.8 Å². The zero-order valence-electron chi connectivity index (χ0n) is 19.7. The minimum absolute atomic E-state index is 0.114. The Morgan fingerprint density at radius 3 is 2.91 bits per heavy atom. The molecule has 0 saturated carbocycles. The van der Waals surface area contributed by atoms with Crippen LogP contribution in [0, 0.1) is 6.92 Å². The molecule has 1 aromatic carbocycles. The highest BCUT2D eigenvalue weighted by atomic mass is 16.7. The second-order valence-electron chi connectivity index (χ2n) is 8.12. The van der Waals surface area contributed by atoms with Crippen LogP contribution in [-0.2, 0) is 16.1 Å². The summed E-state index contributed by atoms with van der Waals surface area (Å²) in [5.41, 5.74) is 1.92. The summed E-state index contributed by atoms with van der Waals surface area (Å²) in [6.45, 7) is 7.87. The van der Waals surface area contributed by atoms with Crippen LogP contribution in [0.3, 0.4) is 0 Å². The van der Waals surface area contributed by atoms with Crippen LogP contribution in [0.2, 0.25) is 0 Å². The molecular weight excluding hydrogens is 436 g/mol. The molecule has 0 spiro atoms. The molecule has 0 amide bonds. The van der Waals surface area contributed by atoms with Gasteiger partial charge < -0.3 is 24.4 Å². The number of ether oxygens (including phenoxy) is 3. The largest absolute Gasteiger partial charge is 0.465 e. The van der Waals surface area contributed by atoms with Crippen molar-refractivity contribution in [2.24, 2.45) is 0 Å². The van der Waals surface area contributed by atoms with Crippen molar-refractivity contribution in [3.63, 3.8) is 0 Å². The van der Waals surface area contributed by atoms with E-state index in [-0.39, 0.29) is 25.3 Å². The van der Waals surface area contributed by atoms with Crippen molar-refractivity contribution in [2.75, 3.05) is 31.4 Å². The Bertz CT molecular complexity index is 1100. The van der Waals surface area contributed by atoms with Gasteiger partial charge in [-0.05, 0) is 44.9 Å². The number of aromatic nitrogens is 4. The first kappa shape index (κ1) is 23.5. The zero-order chi connectivity index (χ0) is 23.9. The lowest BCUT2D eigenvalue weighted by atomic mass is 10.1. The lowest BCUT2D eigenvalue weighted by molar-refractivity contribution is -0.141. The molecule has 10 heteroatoms. The Balaban J connectivity index is 1.41. The van der Waals surface area contributed by atoms with E-state index < -0.39 is 0 Å². The summed E-state index contributed by atoms with van der Waals surface area (Å²) in [4.78, 5) is 27.5. The lowest BCUT2D eigenvalue weighted by Crippen LogP contribution is -2.36. The van der Waals surface area contributed by atoms with E-state index in [1.807, 2.05) is 36.1 Å². The van der Waals surface area contributed by atoms with Crippen LogP contribution in [0.5, 0.6) is 11.5 Å². The maximum absolute atomic E-state index is 12.3. The van der Waals surface area contributed by atoms with E-state index >= 15 is 0 Å². The lowest BCUT2D eigenvalue weighted by Gasteiger charge is -2.25. The average molecular weight is 467 g/mol. The summed E-state index contributed by atoms with van der Waals surface area (Å²) >= 11 is 0. The van der Waals surface area contributed by atoms with E-state index in [1.165, 1.54) is 0 Å². The summed E-state index contributed by atoms with van der Waals surface area (Å²) in [7, 11) is 0. The number of aryl methyl sites for hydroxylation is 1. The molecule has 10 nitrogen and oxygen atoms in total. The number of hydrogen-bond donors (Lipinski definition) is 1. The third-order valence-electron chi connectivity index (χ3n) is 5.44. The molecule has 3 aromatic rings. The molecule has 1 aliphatic rings. The summed E-state index contributed by atoms with van der Waals surface area (Å²) in [6, 6.07) is 8.04. The van der Waals surface area contributed by atoms with E-state index in [4.69, 9.17) is 14.2 Å². The van der Waals surface area contributed by atoms with Crippen LogP contribution in [0.25, 0.3) is 5.95 Å². The Hall–Kier alpha value is -3.66. The number of nitrogens with one attached hydrogen (secondary N) is 1. The minimum Gasteiger partial charge on any atom is -0.465 e. The summed E-state index contributed by atoms with van der Waals surface area (Å²) in [5.74, 6) is 2.45. The SMILES string of the molecule is CCOC(=O)CN(CCC(C)NCc1ccc2c(c1)OCO2)c1cc(C)nc(-n2ccnc2)n1. The van der Waals surface area contributed by atoms with Crippen molar-refractivity contribution in [3.05, 3.63) is 54.2 Å². The number of rotatable bonds is 11. The van der Waals surface area contributed by atoms with Gasteiger partial charge in [-0.25, -0.2) is 9.97 Å². The van der Waals surface area contributed by atoms with Crippen molar-refractivity contribution in [3.8, 4) is 17.4 Å². The van der Waals surface area contributed by atoms with Gasteiger partial charge in [0.1, 0.15) is 18.7 Å². The predicted octanol–water partition coefficient (Wildman–Crippen LogP) is 2.64. The Morgan fingerprint density at radius 1 is 1.26 bits per heavy atom. The van der Waals surface area contributed by atoms with E-state index in [0.717, 1.165) is 29.2 Å². The fourth-order valence-electron chi connectivity index (χ4n) is 3.62. The quantitative estimate of drug-likeness (QED) is 0.427. The van der Waals surface area contributed by atoms with Gasteiger partial charge in [-0.2, -0.15) is 4.98 Å². The van der Waals surface area contributed by atoms with Gasteiger partial charge >= 0.3 is 5.97 Å². The molecule has 1 unspecified atom stereocenters. The monoisotopic (exact) mass is 466 g/mol. The number of hydrogen-bond acceptors (Lipinski definition) is 9. The van der Waals surface area contributed by atoms with E-state index in [1.54, 1.807) is 30.2 Å². The van der Waals surface area contributed by atoms with Crippen LogP contribution in [0.1, 0.15) is 31.5 Å². The molecule has 2 aromatic heterocycles. The normalized spacial score (nSPS) is 13.0. The first-order valence-corrected chi connectivity index (χ1v) is 11.4. The standard InChI is InChI=1S/C24H30N6O4/c1-4-32-23(31)14-29(22-11-18(3)27-24(28-22)30-10-8-25-15-30)9-7-17(2)26-13-19-5-6-20-21(12-19)34-16-33-20/h5-6,8,10-12,15,17,26H,4,7,9,13-14,16H2,1-3H3. The molecule has 1 N–H and O–H groups in total. The Morgan fingerprint density at radius 2 is 2.12 bits per heavy atom. The maximum atomic E-state index is 12.3. The van der Waals surface area contributed by atoms with Gasteiger partial charge in [-0.15, -0.1) is 0 Å². The topological polar surface area (TPSA) is 104 Å². The van der Waals surface area contributed by atoms with E-state index in [2.05, 4.69) is 27.2 Å². The number of fused-ring (bicyclic) bond motifs is 1. The number of carbonyl (C=O) groups excluding carboxylic acids is 1. The van der Waals surface area contributed by atoms with Crippen LogP contribution >= 0.6 is 0 Å². The molecule has 0 fully saturated rings. The van der Waals surface area contributed by atoms with Crippen LogP contribution in [-0.4, -0.2) is 58.0 Å². The van der Waals surface area contributed by atoms with Crippen molar-refractivity contribution in [2.45, 2.75) is 39.8 Å². The number of imidazole rings is 1. The smallest absolute Gasteiger partial charge is 0.325 e. The van der Waals surface area contributed by atoms with Gasteiger partial charge in [-0.3, -0.25) is 9.36 Å². The molecule has 0 aliphatic carbocycles. The molecule has 1 aliphatic heterocycles. The molecule has 34 heavy (non-hydrogen) atoms. The fraction of sp³-hybridized carbons (Fsp3) is 0.417. The molecule has 180 valence electrons. The Kier molecular flexibility index (Phi) is 7.58. The molecule has 1 atom stereocenters. The molecule has 4 rings (SSSR count). The Labute approximate surface area is 198 Å². The van der Waals surface area contributed by atoms with Gasteiger partial charge in [0.25, 0.3) is 0 Å². The van der Waals surface area contributed by atoms with Gasteiger partial charge in [0, 0.05) is 43.3 Å². The maximum Gasteiger partial charge on any atom is 0.325 e. The third kappa shape index (κ3) is 6.02. The minimum atomic E-state index is -0.288. The summed E-state index contributed by atoms with van der Waals surface area (Å²) < 4.78 is 17.8. The van der Waals surface area contributed by atoms with Gasteiger partial charge in [0.15, 0.2) is 11.5 Å². The number of benzene rings is 1. The molecule has 0 bridgehead atoms. The van der Waals surface area contributed by atoms with Crippen LogP contribution in [0.15, 0.2) is 43.0 Å². The first-order valence-electron chi connectivity index (χ1n) is 11.4. The predicted molar refractivity (Wildman–Crippen MR) is 126 cm³/mol. The van der Waals surface area contributed by atoms with Crippen molar-refractivity contribution >= 4 is 11.8 Å². The highest BCUT2D eigenvalue weighted by molar-refractivity contribution is 5.75. The zero-order valence-corrected chi connectivity index (χ0v) is 19.7. The first-order chi connectivity index (χ1) is 16.5. The van der Waals surface area contributed by atoms with Crippen molar-refractivity contribution < 1.29 is 19.0 Å². The summed E-state index contributed by atoms with van der Waals surface area (Å²) in [5, 5.41) is 3.54. The second-order valence-corrected chi connectivity index (χ2v) is 8.12. The third-order valence-corrected chi connectivity index (χ3v) is 5.44. The summed E-state index contributed by atoms with van der Waals surface area (Å²) in [6.07, 6.45) is 5.91. The van der Waals surface area contributed by atoms with Gasteiger partial charge in [0.05, 0.1) is 6.61 Å². The highest BCUT2D eigenvalue weighted by Crippen LogP contribution is 2.32. The molecule has 0 radical (unpaired) electrons. The number of anilines is 1. The van der Waals surface area contributed by atoms with Crippen molar-refractivity contribution in [1.29, 1.82) is 0 Å². The van der Waals surface area contributed by atoms with E-state index in [0.29, 0.717) is 31.5 Å². The number of esters is 1. The van der Waals surface area contributed by atoms with Crippen LogP contribution < -0.4 is 19.7 Å². The average Bonchev–Trinajstić information content (AvgIpc) is 3.52. The van der Waals surface area contributed by atoms with Gasteiger partial charge in [0.2, 0.25) is 12.7 Å². The fourth-order valence-corrected chi connectivity index (χ4v) is 3.62. The molecule has 3 heterocycles. The molecular formula is C24H30N6O4. The number of nitrogens with zero attached hydrogens (tertiary/aromatic N) is 5. The molecule has 0 saturated heterocycles. The van der Waals surface area contributed by atoms with Gasteiger partial charge in [-0.1, -0.05) is 6.07 Å². The van der Waals surface area contributed by atoms with E-state index in [9.17, 15) is 4.79 Å².